The van der Waals surface area contributed by atoms with Crippen LogP contribution in [0, 0.1) is 0 Å². The standard InChI is InChI=1S/C62H36S/c1-3-13-44-38(11-1)23-26-42-35-43(28-30-45(42)44)59-51-19-9-7-17-49(51)58(50-18-8-10-20-52(50)59)40-24-21-37(22-25-40)41-27-31-54-56(36-41)48-16-6-5-15-47(48)53-32-33-55-60-46-14-4-2-12-39(46)29-34-57(60)63-62(55)61(53)54/h1-36H. The fraction of sp³-hybridized carbons (Fsp3) is 0. The molecule has 0 atom stereocenters. The third-order valence-corrected chi connectivity index (χ3v) is 15.0. The molecule has 0 spiro atoms. The molecule has 0 bridgehead atoms. The van der Waals surface area contributed by atoms with Crippen molar-refractivity contribution in [1.29, 1.82) is 0 Å². The van der Waals surface area contributed by atoms with Gasteiger partial charge in [0.2, 0.25) is 0 Å². The minimum absolute atomic E-state index is 1.21. The molecule has 0 unspecified atom stereocenters. The topological polar surface area (TPSA) is 0 Å². The molecule has 0 aliphatic rings. The van der Waals surface area contributed by atoms with E-state index in [1.807, 2.05) is 11.3 Å². The third-order valence-electron chi connectivity index (χ3n) is 13.8. The maximum absolute atomic E-state index is 2.43. The van der Waals surface area contributed by atoms with Crippen molar-refractivity contribution in [2.24, 2.45) is 0 Å². The predicted molar refractivity (Wildman–Crippen MR) is 276 cm³/mol. The molecule has 0 N–H and O–H groups in total. The van der Waals surface area contributed by atoms with Gasteiger partial charge < -0.3 is 0 Å². The summed E-state index contributed by atoms with van der Waals surface area (Å²) in [5, 5.41) is 23.4. The second kappa shape index (κ2) is 13.3. The molecule has 1 aromatic heterocycles. The minimum atomic E-state index is 1.21. The molecular formula is C62H36S. The van der Waals surface area contributed by atoms with Crippen molar-refractivity contribution in [2.45, 2.75) is 0 Å². The van der Waals surface area contributed by atoms with E-state index in [4.69, 9.17) is 0 Å². The first-order valence-corrected chi connectivity index (χ1v) is 22.6. The lowest BCUT2D eigenvalue weighted by Gasteiger charge is -2.18. The molecule has 0 radical (unpaired) electrons. The van der Waals surface area contributed by atoms with Crippen LogP contribution in [0.25, 0.3) is 140 Å². The molecule has 1 heteroatoms. The van der Waals surface area contributed by atoms with Crippen molar-refractivity contribution in [3.8, 4) is 33.4 Å². The second-order valence-corrected chi connectivity index (χ2v) is 18.1. The molecule has 14 rings (SSSR count). The lowest BCUT2D eigenvalue weighted by Crippen LogP contribution is -1.91. The monoisotopic (exact) mass is 812 g/mol. The van der Waals surface area contributed by atoms with Gasteiger partial charge in [-0.25, -0.2) is 0 Å². The van der Waals surface area contributed by atoms with Gasteiger partial charge in [0.25, 0.3) is 0 Å². The van der Waals surface area contributed by atoms with E-state index in [-0.39, 0.29) is 0 Å². The summed E-state index contributed by atoms with van der Waals surface area (Å²) in [5.74, 6) is 0. The van der Waals surface area contributed by atoms with Crippen molar-refractivity contribution in [3.63, 3.8) is 0 Å². The highest BCUT2D eigenvalue weighted by Crippen LogP contribution is 2.48. The van der Waals surface area contributed by atoms with Crippen LogP contribution in [0.4, 0.5) is 0 Å². The summed E-state index contributed by atoms with van der Waals surface area (Å²) in [5.41, 5.74) is 7.46. The SMILES string of the molecule is c1ccc2c(c1)ccc1cc(-c3c4ccccc4c(-c4ccc(-c5ccc6c(c5)c5ccccc5c5ccc7c(sc8ccc9ccccc9c87)c56)cc4)c4ccccc34)ccc12. The van der Waals surface area contributed by atoms with Gasteiger partial charge in [0.1, 0.15) is 0 Å². The Balaban J connectivity index is 0.929. The van der Waals surface area contributed by atoms with Gasteiger partial charge in [-0.3, -0.25) is 0 Å². The number of hydrogen-bond donors (Lipinski definition) is 0. The molecule has 0 saturated carbocycles. The molecule has 0 aliphatic heterocycles. The number of rotatable bonds is 3. The van der Waals surface area contributed by atoms with Gasteiger partial charge in [0, 0.05) is 25.6 Å². The van der Waals surface area contributed by atoms with Gasteiger partial charge in [0.15, 0.2) is 0 Å². The Morgan fingerprint density at radius 2 is 0.667 bits per heavy atom. The van der Waals surface area contributed by atoms with Crippen LogP contribution in [-0.4, -0.2) is 0 Å². The van der Waals surface area contributed by atoms with Crippen LogP contribution in [-0.2, 0) is 0 Å². The second-order valence-electron chi connectivity index (χ2n) is 17.1. The van der Waals surface area contributed by atoms with E-state index >= 15 is 0 Å². The fourth-order valence-electron chi connectivity index (χ4n) is 11.0. The molecule has 1 heterocycles. The Morgan fingerprint density at radius 1 is 0.222 bits per heavy atom. The van der Waals surface area contributed by atoms with Gasteiger partial charge in [-0.05, 0) is 132 Å². The molecule has 0 aliphatic carbocycles. The zero-order valence-electron chi connectivity index (χ0n) is 34.2. The van der Waals surface area contributed by atoms with Gasteiger partial charge in [-0.15, -0.1) is 11.3 Å². The van der Waals surface area contributed by atoms with Crippen LogP contribution in [0.5, 0.6) is 0 Å². The molecule has 63 heavy (non-hydrogen) atoms. The Morgan fingerprint density at radius 3 is 1.38 bits per heavy atom. The predicted octanol–water partition coefficient (Wildman–Crippen LogP) is 18.3. The van der Waals surface area contributed by atoms with E-state index < -0.39 is 0 Å². The molecule has 0 fully saturated rings. The average molecular weight is 813 g/mol. The van der Waals surface area contributed by atoms with Gasteiger partial charge in [0.05, 0.1) is 0 Å². The average Bonchev–Trinajstić information content (AvgIpc) is 3.75. The Kier molecular flexibility index (Phi) is 7.37. The number of thiophene rings is 1. The summed E-state index contributed by atoms with van der Waals surface area (Å²) in [6.45, 7) is 0. The fourth-order valence-corrected chi connectivity index (χ4v) is 12.2. The molecule has 13 aromatic carbocycles. The van der Waals surface area contributed by atoms with Gasteiger partial charge in [-0.1, -0.05) is 200 Å². The van der Waals surface area contributed by atoms with Crippen LogP contribution < -0.4 is 0 Å². The smallest absolute Gasteiger partial charge is 0.0440 e. The van der Waals surface area contributed by atoms with Crippen molar-refractivity contribution in [3.05, 3.63) is 218 Å². The van der Waals surface area contributed by atoms with E-state index in [2.05, 4.69) is 218 Å². The lowest BCUT2D eigenvalue weighted by molar-refractivity contribution is 1.63. The van der Waals surface area contributed by atoms with Crippen molar-refractivity contribution < 1.29 is 0 Å². The Bertz CT molecular complexity index is 4190. The molecule has 14 aromatic rings. The van der Waals surface area contributed by atoms with Crippen LogP contribution >= 0.6 is 11.3 Å². The molecule has 0 saturated heterocycles. The first kappa shape index (κ1) is 34.8. The van der Waals surface area contributed by atoms with E-state index in [0.29, 0.717) is 0 Å². The van der Waals surface area contributed by atoms with E-state index in [1.165, 1.54) is 140 Å². The zero-order valence-corrected chi connectivity index (χ0v) is 35.0. The first-order chi connectivity index (χ1) is 31.2. The summed E-state index contributed by atoms with van der Waals surface area (Å²) < 4.78 is 2.71. The summed E-state index contributed by atoms with van der Waals surface area (Å²) in [7, 11) is 0. The maximum atomic E-state index is 2.43. The van der Waals surface area contributed by atoms with E-state index in [0.717, 1.165) is 0 Å². The first-order valence-electron chi connectivity index (χ1n) is 21.8. The zero-order chi connectivity index (χ0) is 41.2. The van der Waals surface area contributed by atoms with Crippen molar-refractivity contribution >= 4 is 118 Å². The summed E-state index contributed by atoms with van der Waals surface area (Å²) in [6.07, 6.45) is 0. The molecule has 290 valence electrons. The molecular weight excluding hydrogens is 777 g/mol. The molecule has 0 amide bonds. The summed E-state index contributed by atoms with van der Waals surface area (Å²) in [6, 6.07) is 81.7. The Labute approximate surface area is 367 Å². The quantitative estimate of drug-likeness (QED) is 0.123. The lowest BCUT2D eigenvalue weighted by atomic mass is 9.85. The normalized spacial score (nSPS) is 12.1. The van der Waals surface area contributed by atoms with Crippen LogP contribution in [0.3, 0.4) is 0 Å². The van der Waals surface area contributed by atoms with Crippen molar-refractivity contribution in [1.82, 2.24) is 0 Å². The largest absolute Gasteiger partial charge is 0.134 e. The van der Waals surface area contributed by atoms with Gasteiger partial charge >= 0.3 is 0 Å². The number of fused-ring (bicyclic) bond motifs is 17. The van der Waals surface area contributed by atoms with Crippen LogP contribution in [0.1, 0.15) is 0 Å². The highest BCUT2D eigenvalue weighted by molar-refractivity contribution is 7.27. The summed E-state index contributed by atoms with van der Waals surface area (Å²) in [4.78, 5) is 0. The minimum Gasteiger partial charge on any atom is -0.134 e. The number of benzene rings is 13. The van der Waals surface area contributed by atoms with Gasteiger partial charge in [-0.2, -0.15) is 0 Å². The molecule has 0 nitrogen and oxygen atoms in total. The van der Waals surface area contributed by atoms with Crippen molar-refractivity contribution in [2.75, 3.05) is 0 Å². The maximum Gasteiger partial charge on any atom is 0.0440 e. The number of hydrogen-bond acceptors (Lipinski definition) is 1. The summed E-state index contributed by atoms with van der Waals surface area (Å²) >= 11 is 1.93. The highest BCUT2D eigenvalue weighted by atomic mass is 32.1. The van der Waals surface area contributed by atoms with Crippen LogP contribution in [0.15, 0.2) is 218 Å². The van der Waals surface area contributed by atoms with Crippen LogP contribution in [0.2, 0.25) is 0 Å². The third kappa shape index (κ3) is 5.09. The van der Waals surface area contributed by atoms with E-state index in [9.17, 15) is 0 Å². The Hall–Kier alpha value is -7.84. The highest BCUT2D eigenvalue weighted by Gasteiger charge is 2.19. The van der Waals surface area contributed by atoms with E-state index in [1.54, 1.807) is 0 Å².